The van der Waals surface area contributed by atoms with Crippen LogP contribution in [0, 0.1) is 5.82 Å². The summed E-state index contributed by atoms with van der Waals surface area (Å²) in [5.41, 5.74) is 1.47. The Bertz CT molecular complexity index is 1660. The number of rotatable bonds is 12. The van der Waals surface area contributed by atoms with Gasteiger partial charge in [0.1, 0.15) is 23.0 Å². The van der Waals surface area contributed by atoms with E-state index in [1.54, 1.807) is 78.9 Å². The summed E-state index contributed by atoms with van der Waals surface area (Å²) in [5.74, 6) is -0.865. The molecule has 0 aromatic heterocycles. The van der Waals surface area contributed by atoms with Crippen molar-refractivity contribution in [3.8, 4) is 11.5 Å². The third-order valence-electron chi connectivity index (χ3n) is 6.43. The van der Waals surface area contributed by atoms with Crippen molar-refractivity contribution in [2.75, 3.05) is 24.9 Å². The molecule has 4 aromatic rings. The fraction of sp³-hybridized carbons (Fsp3) is 0.147. The van der Waals surface area contributed by atoms with Crippen LogP contribution < -0.4 is 25.4 Å². The molecule has 0 radical (unpaired) electrons. The molecule has 0 saturated carbocycles. The second kappa shape index (κ2) is 15.4. The van der Waals surface area contributed by atoms with Gasteiger partial charge in [-0.3, -0.25) is 14.4 Å². The summed E-state index contributed by atoms with van der Waals surface area (Å²) in [7, 11) is 3.03. The van der Waals surface area contributed by atoms with Gasteiger partial charge in [0.15, 0.2) is 0 Å². The van der Waals surface area contributed by atoms with E-state index in [4.69, 9.17) is 9.47 Å². The van der Waals surface area contributed by atoms with E-state index < -0.39 is 22.9 Å². The first-order valence-electron chi connectivity index (χ1n) is 13.7. The molecule has 0 aliphatic carbocycles. The van der Waals surface area contributed by atoms with E-state index in [0.29, 0.717) is 39.6 Å². The minimum absolute atomic E-state index is 0.0175. The van der Waals surface area contributed by atoms with E-state index in [-0.39, 0.29) is 17.3 Å². The highest BCUT2D eigenvalue weighted by Gasteiger charge is 2.20. The van der Waals surface area contributed by atoms with Crippen LogP contribution >= 0.6 is 11.8 Å². The molecule has 226 valence electrons. The lowest BCUT2D eigenvalue weighted by Crippen LogP contribution is -2.30. The number of ether oxygens (including phenoxy) is 2. The van der Waals surface area contributed by atoms with Crippen LogP contribution in [0.3, 0.4) is 0 Å². The highest BCUT2D eigenvalue weighted by Crippen LogP contribution is 2.30. The van der Waals surface area contributed by atoms with Crippen molar-refractivity contribution in [3.05, 3.63) is 120 Å². The van der Waals surface area contributed by atoms with Gasteiger partial charge in [0.2, 0.25) is 5.91 Å². The molecule has 44 heavy (non-hydrogen) atoms. The van der Waals surface area contributed by atoms with Crippen LogP contribution in [0.4, 0.5) is 15.8 Å². The number of amides is 3. The first-order chi connectivity index (χ1) is 21.3. The topological polar surface area (TPSA) is 106 Å². The van der Waals surface area contributed by atoms with Gasteiger partial charge < -0.3 is 25.4 Å². The van der Waals surface area contributed by atoms with Gasteiger partial charge in [-0.15, -0.1) is 11.8 Å². The lowest BCUT2D eigenvalue weighted by atomic mass is 10.1. The van der Waals surface area contributed by atoms with E-state index in [1.807, 2.05) is 13.0 Å². The zero-order valence-corrected chi connectivity index (χ0v) is 25.2. The number of carbonyl (C=O) groups excluding carboxylic acids is 3. The zero-order valence-electron chi connectivity index (χ0n) is 24.4. The average molecular weight is 614 g/mol. The summed E-state index contributed by atoms with van der Waals surface area (Å²) >= 11 is 1.29. The Labute approximate surface area is 259 Å². The number of para-hydroxylation sites is 1. The number of carbonyl (C=O) groups is 3. The molecule has 1 unspecified atom stereocenters. The van der Waals surface area contributed by atoms with Crippen molar-refractivity contribution >= 4 is 46.9 Å². The van der Waals surface area contributed by atoms with Crippen LogP contribution in [-0.2, 0) is 9.59 Å². The molecule has 0 spiro atoms. The first-order valence-corrected chi connectivity index (χ1v) is 14.6. The molecule has 3 N–H and O–H groups in total. The van der Waals surface area contributed by atoms with E-state index in [2.05, 4.69) is 16.0 Å². The Balaban J connectivity index is 1.55. The fourth-order valence-electron chi connectivity index (χ4n) is 4.14. The normalized spacial score (nSPS) is 11.7. The molecule has 3 amide bonds. The van der Waals surface area contributed by atoms with Crippen LogP contribution in [0.25, 0.3) is 6.08 Å². The monoisotopic (exact) mass is 613 g/mol. The molecule has 0 bridgehead atoms. The highest BCUT2D eigenvalue weighted by molar-refractivity contribution is 8.00. The minimum atomic E-state index is -0.571. The molecule has 10 heteroatoms. The largest absolute Gasteiger partial charge is 0.497 e. The lowest BCUT2D eigenvalue weighted by Gasteiger charge is -2.16. The third-order valence-corrected chi connectivity index (χ3v) is 7.79. The molecule has 0 aliphatic heterocycles. The van der Waals surface area contributed by atoms with Gasteiger partial charge in [-0.05, 0) is 67.1 Å². The van der Waals surface area contributed by atoms with Crippen molar-refractivity contribution in [1.82, 2.24) is 5.32 Å². The molecule has 1 atom stereocenters. The number of benzene rings is 4. The van der Waals surface area contributed by atoms with Gasteiger partial charge >= 0.3 is 0 Å². The Kier molecular flexibility index (Phi) is 11.1. The van der Waals surface area contributed by atoms with Crippen LogP contribution in [0.5, 0.6) is 11.5 Å². The van der Waals surface area contributed by atoms with Gasteiger partial charge in [0, 0.05) is 27.8 Å². The van der Waals surface area contributed by atoms with Gasteiger partial charge in [0.25, 0.3) is 11.8 Å². The molecular weight excluding hydrogens is 581 g/mol. The predicted octanol–water partition coefficient (Wildman–Crippen LogP) is 6.76. The van der Waals surface area contributed by atoms with E-state index in [9.17, 15) is 18.8 Å². The van der Waals surface area contributed by atoms with Gasteiger partial charge in [-0.2, -0.15) is 0 Å². The summed E-state index contributed by atoms with van der Waals surface area (Å²) in [6, 6.07) is 26.6. The lowest BCUT2D eigenvalue weighted by molar-refractivity contribution is -0.116. The molecule has 0 fully saturated rings. The maximum Gasteiger partial charge on any atom is 0.272 e. The minimum Gasteiger partial charge on any atom is -0.497 e. The molecule has 0 saturated heterocycles. The smallest absolute Gasteiger partial charge is 0.272 e. The van der Waals surface area contributed by atoms with Crippen LogP contribution in [-0.4, -0.2) is 37.2 Å². The van der Waals surface area contributed by atoms with Crippen LogP contribution in [0.1, 0.15) is 29.3 Å². The standard InChI is InChI=1S/C34H32FN3O5S/c1-4-31(34(41)37-28-16-9-8-15-27(28)35)44-26-14-10-13-24(20-26)36-33(40)29(38-32(39)22-11-6-5-7-12-22)19-23-17-18-25(42-2)21-30(23)43-3/h5-21,31H,4H2,1-3H3,(H,36,40)(H,37,41)(H,38,39)/b29-19+. The maximum atomic E-state index is 14.1. The quantitative estimate of drug-likeness (QED) is 0.120. The summed E-state index contributed by atoms with van der Waals surface area (Å²) in [6.45, 7) is 1.87. The molecule has 0 heterocycles. The molecule has 8 nitrogen and oxygen atoms in total. The van der Waals surface area contributed by atoms with Crippen LogP contribution in [0.2, 0.25) is 0 Å². The van der Waals surface area contributed by atoms with Crippen molar-refractivity contribution < 1.29 is 28.2 Å². The fourth-order valence-corrected chi connectivity index (χ4v) is 5.16. The van der Waals surface area contributed by atoms with Gasteiger partial charge in [-0.25, -0.2) is 4.39 Å². The third kappa shape index (κ3) is 8.48. The SMILES string of the molecule is CCC(Sc1cccc(NC(=O)/C(=C\c2ccc(OC)cc2OC)NC(=O)c2ccccc2)c1)C(=O)Nc1ccccc1F. The number of hydrogen-bond acceptors (Lipinski definition) is 6. The summed E-state index contributed by atoms with van der Waals surface area (Å²) in [5, 5.41) is 7.69. The van der Waals surface area contributed by atoms with Gasteiger partial charge in [-0.1, -0.05) is 43.3 Å². The molecule has 4 rings (SSSR count). The number of anilines is 2. The summed E-state index contributed by atoms with van der Waals surface area (Å²) in [4.78, 5) is 40.2. The Morgan fingerprint density at radius 1 is 0.864 bits per heavy atom. The maximum absolute atomic E-state index is 14.1. The summed E-state index contributed by atoms with van der Waals surface area (Å²) < 4.78 is 24.8. The average Bonchev–Trinajstić information content (AvgIpc) is 3.04. The zero-order chi connectivity index (χ0) is 31.5. The van der Waals surface area contributed by atoms with Crippen molar-refractivity contribution in [1.29, 1.82) is 0 Å². The van der Waals surface area contributed by atoms with Crippen molar-refractivity contribution in [3.63, 3.8) is 0 Å². The highest BCUT2D eigenvalue weighted by atomic mass is 32.2. The number of hydrogen-bond donors (Lipinski definition) is 3. The van der Waals surface area contributed by atoms with E-state index in [1.165, 1.54) is 44.2 Å². The van der Waals surface area contributed by atoms with E-state index in [0.717, 1.165) is 0 Å². The van der Waals surface area contributed by atoms with Gasteiger partial charge in [0.05, 0.1) is 25.2 Å². The summed E-state index contributed by atoms with van der Waals surface area (Å²) in [6.07, 6.45) is 2.01. The van der Waals surface area contributed by atoms with E-state index >= 15 is 0 Å². The number of methoxy groups -OCH3 is 2. The van der Waals surface area contributed by atoms with Crippen molar-refractivity contribution in [2.24, 2.45) is 0 Å². The first kappa shape index (κ1) is 31.8. The Morgan fingerprint density at radius 2 is 1.61 bits per heavy atom. The molecule has 0 aliphatic rings. The number of halogens is 1. The number of nitrogens with one attached hydrogen (secondary N) is 3. The second-order valence-corrected chi connectivity index (χ2v) is 10.7. The molecule has 4 aromatic carbocycles. The Hall–Kier alpha value is -5.09. The second-order valence-electron chi connectivity index (χ2n) is 9.45. The van der Waals surface area contributed by atoms with Crippen molar-refractivity contribution in [2.45, 2.75) is 23.5 Å². The molecular formula is C34H32FN3O5S. The predicted molar refractivity (Wildman–Crippen MR) is 171 cm³/mol. The van der Waals surface area contributed by atoms with Crippen LogP contribution in [0.15, 0.2) is 108 Å². The number of thioether (sulfide) groups is 1. The Morgan fingerprint density at radius 3 is 2.32 bits per heavy atom.